The Bertz CT molecular complexity index is 4160. The van der Waals surface area contributed by atoms with E-state index >= 15 is 0 Å². The lowest BCUT2D eigenvalue weighted by molar-refractivity contribution is 0.669. The largest absolute Gasteiger partial charge is 0.456 e. The first-order valence-corrected chi connectivity index (χ1v) is 23.1. The molecule has 0 N–H and O–H groups in total. The third-order valence-corrected chi connectivity index (χ3v) is 13.8. The molecule has 14 aromatic rings. The van der Waals surface area contributed by atoms with Gasteiger partial charge in [-0.15, -0.1) is 0 Å². The number of furan rings is 2. The molecule has 0 aliphatic heterocycles. The average molecular weight is 869 g/mol. The molecule has 0 aliphatic carbocycles. The van der Waals surface area contributed by atoms with Crippen molar-refractivity contribution in [1.82, 2.24) is 4.40 Å². The minimum Gasteiger partial charge on any atom is -0.456 e. The molecule has 0 saturated heterocycles. The molecule has 68 heavy (non-hydrogen) atoms. The van der Waals surface area contributed by atoms with Crippen LogP contribution in [0, 0.1) is 0 Å². The summed E-state index contributed by atoms with van der Waals surface area (Å²) in [6.45, 7) is 0. The second-order valence-electron chi connectivity index (χ2n) is 17.7. The van der Waals surface area contributed by atoms with E-state index in [4.69, 9.17) is 8.83 Å². The number of aromatic nitrogens is 1. The van der Waals surface area contributed by atoms with Gasteiger partial charge in [-0.1, -0.05) is 164 Å². The van der Waals surface area contributed by atoms with Crippen LogP contribution in [0.25, 0.3) is 116 Å². The fourth-order valence-corrected chi connectivity index (χ4v) is 10.5. The Morgan fingerprint density at radius 3 is 1.53 bits per heavy atom. The summed E-state index contributed by atoms with van der Waals surface area (Å²) in [5.74, 6) is 0. The number of rotatable bonds is 7. The van der Waals surface area contributed by atoms with E-state index in [0.29, 0.717) is 0 Å². The summed E-state index contributed by atoms with van der Waals surface area (Å²) in [5.41, 5.74) is 18.3. The zero-order valence-corrected chi connectivity index (χ0v) is 36.8. The molecule has 14 rings (SSSR count). The van der Waals surface area contributed by atoms with Crippen molar-refractivity contribution in [2.45, 2.75) is 0 Å². The molecule has 0 unspecified atom stereocenters. The Morgan fingerprint density at radius 1 is 0.309 bits per heavy atom. The van der Waals surface area contributed by atoms with Crippen LogP contribution >= 0.6 is 0 Å². The maximum absolute atomic E-state index is 6.43. The SMILES string of the molecule is c1ccc(-c2c3cccc(-c4ccc(-c5cccc(-c6cccc(N(c7ccc8c(c7)oc7ccccc78)c7ccc8c(c7)oc7ccccc78)c6)c5)cc4)c3n3cc4ccccc4cc23)cc1. The Kier molecular flexibility index (Phi) is 8.55. The maximum Gasteiger partial charge on any atom is 0.137 e. The summed E-state index contributed by atoms with van der Waals surface area (Å²) in [6, 6.07) is 84.7. The Morgan fingerprint density at radius 2 is 0.824 bits per heavy atom. The molecule has 4 aromatic heterocycles. The van der Waals surface area contributed by atoms with E-state index in [1.54, 1.807) is 0 Å². The minimum absolute atomic E-state index is 0.845. The molecule has 0 atom stereocenters. The van der Waals surface area contributed by atoms with Gasteiger partial charge in [0, 0.05) is 73.4 Å². The van der Waals surface area contributed by atoms with Gasteiger partial charge in [-0.3, -0.25) is 0 Å². The molecule has 318 valence electrons. The molecule has 0 aliphatic rings. The van der Waals surface area contributed by atoms with Gasteiger partial charge in [0.25, 0.3) is 0 Å². The van der Waals surface area contributed by atoms with Gasteiger partial charge in [-0.05, 0) is 105 Å². The number of para-hydroxylation sites is 3. The predicted octanol–water partition coefficient (Wildman–Crippen LogP) is 18.2. The molecule has 0 fully saturated rings. The third kappa shape index (κ3) is 6.15. The number of anilines is 3. The first-order chi connectivity index (χ1) is 33.7. The Balaban J connectivity index is 0.846. The fourth-order valence-electron chi connectivity index (χ4n) is 10.5. The highest BCUT2D eigenvalue weighted by atomic mass is 16.3. The Hall–Kier alpha value is -9.12. The highest BCUT2D eigenvalue weighted by Gasteiger charge is 2.20. The molecular formula is C64H40N2O2. The van der Waals surface area contributed by atoms with Crippen molar-refractivity contribution in [3.05, 3.63) is 243 Å². The van der Waals surface area contributed by atoms with E-state index in [2.05, 4.69) is 228 Å². The van der Waals surface area contributed by atoms with Gasteiger partial charge < -0.3 is 18.1 Å². The van der Waals surface area contributed by atoms with Crippen LogP contribution in [-0.2, 0) is 0 Å². The lowest BCUT2D eigenvalue weighted by atomic mass is 9.95. The maximum atomic E-state index is 6.43. The van der Waals surface area contributed by atoms with Crippen LogP contribution in [0.2, 0.25) is 0 Å². The van der Waals surface area contributed by atoms with Crippen LogP contribution in [0.15, 0.2) is 252 Å². The lowest BCUT2D eigenvalue weighted by Crippen LogP contribution is -2.09. The molecule has 0 spiro atoms. The number of pyridine rings is 1. The average Bonchev–Trinajstić information content (AvgIpc) is 4.07. The van der Waals surface area contributed by atoms with Gasteiger partial charge >= 0.3 is 0 Å². The highest BCUT2D eigenvalue weighted by Crippen LogP contribution is 2.44. The standard InChI is InChI=1S/C64H40N2O2/c1-2-13-43(14-3-1)63-57-24-12-23-52(64(57)65-40-48-16-5-4-15-47(48)37-58(63)65)42-29-27-41(28-30-42)44-17-10-18-45(35-44)46-19-11-20-49(36-46)66(50-31-33-55-53-21-6-8-25-59(53)67-61(55)38-50)51-32-34-56-54-22-7-9-26-60(54)68-62(56)39-51/h1-40H. The fraction of sp³-hybridized carbons (Fsp3) is 0. The van der Waals surface area contributed by atoms with Crippen molar-refractivity contribution in [3.63, 3.8) is 0 Å². The molecule has 0 radical (unpaired) electrons. The van der Waals surface area contributed by atoms with E-state index in [-0.39, 0.29) is 0 Å². The van der Waals surface area contributed by atoms with E-state index in [9.17, 15) is 0 Å². The van der Waals surface area contributed by atoms with Crippen LogP contribution in [-0.4, -0.2) is 4.40 Å². The number of hydrogen-bond donors (Lipinski definition) is 0. The van der Waals surface area contributed by atoms with E-state index < -0.39 is 0 Å². The van der Waals surface area contributed by atoms with Crippen LogP contribution in [0.1, 0.15) is 0 Å². The van der Waals surface area contributed by atoms with Gasteiger partial charge in [-0.2, -0.15) is 0 Å². The highest BCUT2D eigenvalue weighted by molar-refractivity contribution is 6.13. The zero-order chi connectivity index (χ0) is 44.7. The van der Waals surface area contributed by atoms with Crippen molar-refractivity contribution in [1.29, 1.82) is 0 Å². The lowest BCUT2D eigenvalue weighted by Gasteiger charge is -2.26. The molecular weight excluding hydrogens is 829 g/mol. The van der Waals surface area contributed by atoms with Gasteiger partial charge in [0.2, 0.25) is 0 Å². The third-order valence-electron chi connectivity index (χ3n) is 13.8. The van der Waals surface area contributed by atoms with Crippen LogP contribution in [0.3, 0.4) is 0 Å². The molecule has 4 heterocycles. The van der Waals surface area contributed by atoms with E-state index in [1.807, 2.05) is 24.3 Å². The van der Waals surface area contributed by atoms with Gasteiger partial charge in [-0.25, -0.2) is 0 Å². The molecule has 4 heteroatoms. The number of benzene rings is 10. The summed E-state index contributed by atoms with van der Waals surface area (Å²) >= 11 is 0. The zero-order valence-electron chi connectivity index (χ0n) is 36.8. The second kappa shape index (κ2) is 15.2. The van der Waals surface area contributed by atoms with Crippen LogP contribution < -0.4 is 4.90 Å². The molecule has 0 saturated carbocycles. The topological polar surface area (TPSA) is 33.9 Å². The normalized spacial score (nSPS) is 11.8. The van der Waals surface area contributed by atoms with Gasteiger partial charge in [0.15, 0.2) is 0 Å². The number of fused-ring (bicyclic) bond motifs is 10. The Labute approximate surface area is 391 Å². The van der Waals surface area contributed by atoms with Crippen molar-refractivity contribution in [3.8, 4) is 44.5 Å². The van der Waals surface area contributed by atoms with Crippen molar-refractivity contribution in [2.75, 3.05) is 4.90 Å². The van der Waals surface area contributed by atoms with Gasteiger partial charge in [0.1, 0.15) is 22.3 Å². The first-order valence-electron chi connectivity index (χ1n) is 23.1. The summed E-state index contributed by atoms with van der Waals surface area (Å²) in [6.07, 6.45) is 2.30. The van der Waals surface area contributed by atoms with Gasteiger partial charge in [0.05, 0.1) is 11.0 Å². The summed E-state index contributed by atoms with van der Waals surface area (Å²) in [5, 5.41) is 8.10. The van der Waals surface area contributed by atoms with Crippen molar-refractivity contribution < 1.29 is 8.83 Å². The molecule has 0 amide bonds. The number of hydrogen-bond acceptors (Lipinski definition) is 3. The number of nitrogens with zero attached hydrogens (tertiary/aromatic N) is 2. The summed E-state index contributed by atoms with van der Waals surface area (Å²) in [7, 11) is 0. The van der Waals surface area contributed by atoms with Crippen molar-refractivity contribution in [2.24, 2.45) is 0 Å². The van der Waals surface area contributed by atoms with E-state index in [1.165, 1.54) is 49.4 Å². The van der Waals surface area contributed by atoms with E-state index in [0.717, 1.165) is 83.2 Å². The summed E-state index contributed by atoms with van der Waals surface area (Å²) < 4.78 is 15.3. The molecule has 10 aromatic carbocycles. The quantitative estimate of drug-likeness (QED) is 0.160. The van der Waals surface area contributed by atoms with Crippen LogP contribution in [0.4, 0.5) is 17.1 Å². The second-order valence-corrected chi connectivity index (χ2v) is 17.7. The van der Waals surface area contributed by atoms with Crippen molar-refractivity contribution >= 4 is 88.1 Å². The minimum atomic E-state index is 0.845. The monoisotopic (exact) mass is 868 g/mol. The summed E-state index contributed by atoms with van der Waals surface area (Å²) in [4.78, 5) is 2.30. The first kappa shape index (κ1) is 38.2. The molecule has 0 bridgehead atoms. The predicted molar refractivity (Wildman–Crippen MR) is 283 cm³/mol. The molecule has 4 nitrogen and oxygen atoms in total. The van der Waals surface area contributed by atoms with Crippen LogP contribution in [0.5, 0.6) is 0 Å². The smallest absolute Gasteiger partial charge is 0.137 e.